The molecule has 1 aromatic heterocycles. The number of nitrogens with zero attached hydrogens (tertiary/aromatic N) is 1. The number of amides is 1. The van der Waals surface area contributed by atoms with Crippen molar-refractivity contribution in [1.82, 2.24) is 4.98 Å². The first-order valence-corrected chi connectivity index (χ1v) is 7.31. The Bertz CT molecular complexity index is 606. The Morgan fingerprint density at radius 3 is 2.48 bits per heavy atom. The number of nitrogens with one attached hydrogen (secondary N) is 2. The molecular formula is C17H19N3O. The van der Waals surface area contributed by atoms with Gasteiger partial charge in [0, 0.05) is 23.5 Å². The highest BCUT2D eigenvalue weighted by molar-refractivity contribution is 5.94. The summed E-state index contributed by atoms with van der Waals surface area (Å²) in [6.07, 6.45) is 3.84. The van der Waals surface area contributed by atoms with E-state index in [4.69, 9.17) is 0 Å². The lowest BCUT2D eigenvalue weighted by molar-refractivity contribution is -0.117. The maximum Gasteiger partial charge on any atom is 0.227 e. The van der Waals surface area contributed by atoms with Crippen molar-refractivity contribution in [2.45, 2.75) is 25.8 Å². The van der Waals surface area contributed by atoms with E-state index < -0.39 is 0 Å². The normalized spacial score (nSPS) is 15.3. The van der Waals surface area contributed by atoms with E-state index in [0.717, 1.165) is 29.9 Å². The Hall–Kier alpha value is -2.36. The zero-order chi connectivity index (χ0) is 14.7. The van der Waals surface area contributed by atoms with Gasteiger partial charge in [0.05, 0.1) is 11.7 Å². The molecular weight excluding hydrogens is 262 g/mol. The number of rotatable bonds is 5. The quantitative estimate of drug-likeness (QED) is 0.880. The van der Waals surface area contributed by atoms with Crippen molar-refractivity contribution in [3.63, 3.8) is 0 Å². The molecule has 1 unspecified atom stereocenters. The van der Waals surface area contributed by atoms with Crippen LogP contribution in [0.1, 0.15) is 31.5 Å². The minimum absolute atomic E-state index is 0.137. The number of pyridine rings is 1. The van der Waals surface area contributed by atoms with Crippen LogP contribution >= 0.6 is 0 Å². The lowest BCUT2D eigenvalue weighted by Crippen LogP contribution is -2.13. The van der Waals surface area contributed by atoms with Crippen LogP contribution in [0.3, 0.4) is 0 Å². The van der Waals surface area contributed by atoms with Gasteiger partial charge in [0.25, 0.3) is 0 Å². The first-order chi connectivity index (χ1) is 10.2. The first kappa shape index (κ1) is 13.6. The van der Waals surface area contributed by atoms with Gasteiger partial charge in [0.1, 0.15) is 0 Å². The molecule has 0 spiro atoms. The molecule has 1 atom stereocenters. The number of anilines is 2. The molecule has 3 rings (SSSR count). The van der Waals surface area contributed by atoms with Gasteiger partial charge in [-0.15, -0.1) is 0 Å². The van der Waals surface area contributed by atoms with E-state index >= 15 is 0 Å². The fourth-order valence-corrected chi connectivity index (χ4v) is 2.20. The SMILES string of the molecule is CC(Nc1ccc(NC(=O)C2CC2)cc1)c1ccccn1. The van der Waals surface area contributed by atoms with Crippen LogP contribution in [0, 0.1) is 5.92 Å². The van der Waals surface area contributed by atoms with Crippen molar-refractivity contribution in [2.75, 3.05) is 10.6 Å². The Morgan fingerprint density at radius 2 is 1.86 bits per heavy atom. The summed E-state index contributed by atoms with van der Waals surface area (Å²) in [5.41, 5.74) is 2.86. The van der Waals surface area contributed by atoms with Gasteiger partial charge >= 0.3 is 0 Å². The largest absolute Gasteiger partial charge is 0.377 e. The van der Waals surface area contributed by atoms with Crippen LogP contribution in [0.25, 0.3) is 0 Å². The molecule has 1 aliphatic rings. The summed E-state index contributed by atoms with van der Waals surface area (Å²) in [7, 11) is 0. The van der Waals surface area contributed by atoms with E-state index in [9.17, 15) is 4.79 Å². The zero-order valence-electron chi connectivity index (χ0n) is 12.0. The highest BCUT2D eigenvalue weighted by Gasteiger charge is 2.29. The number of aromatic nitrogens is 1. The number of hydrogen-bond acceptors (Lipinski definition) is 3. The van der Waals surface area contributed by atoms with Gasteiger partial charge in [-0.3, -0.25) is 9.78 Å². The molecule has 0 radical (unpaired) electrons. The third-order valence-electron chi connectivity index (χ3n) is 3.62. The summed E-state index contributed by atoms with van der Waals surface area (Å²) in [5, 5.41) is 6.34. The van der Waals surface area contributed by atoms with Crippen LogP contribution in [-0.2, 0) is 4.79 Å². The standard InChI is InChI=1S/C17H19N3O/c1-12(16-4-2-3-11-18-16)19-14-7-9-15(10-8-14)20-17(21)13-5-6-13/h2-4,7-13,19H,5-6H2,1H3,(H,20,21). The average Bonchev–Trinajstić information content (AvgIpc) is 3.35. The van der Waals surface area contributed by atoms with Gasteiger partial charge in [0.15, 0.2) is 0 Å². The molecule has 4 heteroatoms. The maximum absolute atomic E-state index is 11.7. The van der Waals surface area contributed by atoms with Gasteiger partial charge in [-0.2, -0.15) is 0 Å². The zero-order valence-corrected chi connectivity index (χ0v) is 12.0. The second kappa shape index (κ2) is 5.95. The number of hydrogen-bond donors (Lipinski definition) is 2. The van der Waals surface area contributed by atoms with Crippen LogP contribution in [-0.4, -0.2) is 10.9 Å². The van der Waals surface area contributed by atoms with Gasteiger partial charge in [-0.25, -0.2) is 0 Å². The lowest BCUT2D eigenvalue weighted by atomic mass is 10.2. The fourth-order valence-electron chi connectivity index (χ4n) is 2.20. The Kier molecular flexibility index (Phi) is 3.86. The first-order valence-electron chi connectivity index (χ1n) is 7.31. The van der Waals surface area contributed by atoms with Crippen molar-refractivity contribution in [2.24, 2.45) is 5.92 Å². The summed E-state index contributed by atoms with van der Waals surface area (Å²) < 4.78 is 0. The van der Waals surface area contributed by atoms with Crippen LogP contribution in [0.15, 0.2) is 48.7 Å². The topological polar surface area (TPSA) is 54.0 Å². The third kappa shape index (κ3) is 3.60. The van der Waals surface area contributed by atoms with E-state index in [0.29, 0.717) is 0 Å². The second-order valence-corrected chi connectivity index (χ2v) is 5.46. The van der Waals surface area contributed by atoms with E-state index in [2.05, 4.69) is 22.5 Å². The third-order valence-corrected chi connectivity index (χ3v) is 3.62. The van der Waals surface area contributed by atoms with Gasteiger partial charge in [0.2, 0.25) is 5.91 Å². The van der Waals surface area contributed by atoms with Crippen LogP contribution in [0.5, 0.6) is 0 Å². The molecule has 2 aromatic rings. The fraction of sp³-hybridized carbons (Fsp3) is 0.294. The smallest absolute Gasteiger partial charge is 0.227 e. The number of carbonyl (C=O) groups excluding carboxylic acids is 1. The Morgan fingerprint density at radius 1 is 1.14 bits per heavy atom. The van der Waals surface area contributed by atoms with Crippen molar-refractivity contribution in [3.8, 4) is 0 Å². The van der Waals surface area contributed by atoms with Crippen molar-refractivity contribution in [3.05, 3.63) is 54.4 Å². The molecule has 1 heterocycles. The van der Waals surface area contributed by atoms with E-state index in [1.165, 1.54) is 0 Å². The minimum Gasteiger partial charge on any atom is -0.377 e. The van der Waals surface area contributed by atoms with Gasteiger partial charge in [-0.05, 0) is 56.2 Å². The highest BCUT2D eigenvalue weighted by Crippen LogP contribution is 2.30. The lowest BCUT2D eigenvalue weighted by Gasteiger charge is -2.15. The maximum atomic E-state index is 11.7. The van der Waals surface area contributed by atoms with E-state index in [-0.39, 0.29) is 17.9 Å². The number of carbonyl (C=O) groups is 1. The summed E-state index contributed by atoms with van der Waals surface area (Å²) in [5.74, 6) is 0.365. The summed E-state index contributed by atoms with van der Waals surface area (Å²) in [6.45, 7) is 2.07. The van der Waals surface area contributed by atoms with Crippen molar-refractivity contribution >= 4 is 17.3 Å². The highest BCUT2D eigenvalue weighted by atomic mass is 16.2. The van der Waals surface area contributed by atoms with Gasteiger partial charge < -0.3 is 10.6 Å². The molecule has 1 amide bonds. The minimum atomic E-state index is 0.137. The Balaban J connectivity index is 1.60. The molecule has 1 saturated carbocycles. The molecule has 0 saturated heterocycles. The molecule has 2 N–H and O–H groups in total. The molecule has 1 fully saturated rings. The summed E-state index contributed by atoms with van der Waals surface area (Å²) in [6, 6.07) is 13.8. The second-order valence-electron chi connectivity index (χ2n) is 5.46. The van der Waals surface area contributed by atoms with Crippen molar-refractivity contribution in [1.29, 1.82) is 0 Å². The predicted octanol–water partition coefficient (Wildman–Crippen LogP) is 3.60. The monoisotopic (exact) mass is 281 g/mol. The van der Waals surface area contributed by atoms with E-state index in [1.807, 2.05) is 42.5 Å². The Labute approximate surface area is 124 Å². The van der Waals surface area contributed by atoms with Crippen molar-refractivity contribution < 1.29 is 4.79 Å². The van der Waals surface area contributed by atoms with Crippen LogP contribution in [0.4, 0.5) is 11.4 Å². The molecule has 108 valence electrons. The molecule has 0 bridgehead atoms. The van der Waals surface area contributed by atoms with Crippen LogP contribution < -0.4 is 10.6 Å². The molecule has 21 heavy (non-hydrogen) atoms. The summed E-state index contributed by atoms with van der Waals surface area (Å²) >= 11 is 0. The van der Waals surface area contributed by atoms with E-state index in [1.54, 1.807) is 6.20 Å². The molecule has 4 nitrogen and oxygen atoms in total. The van der Waals surface area contributed by atoms with Gasteiger partial charge in [-0.1, -0.05) is 6.07 Å². The average molecular weight is 281 g/mol. The molecule has 1 aliphatic carbocycles. The number of benzene rings is 1. The van der Waals surface area contributed by atoms with Crippen LogP contribution in [0.2, 0.25) is 0 Å². The predicted molar refractivity (Wildman–Crippen MR) is 84.1 cm³/mol. The molecule has 0 aliphatic heterocycles. The molecule has 1 aromatic carbocycles. The summed E-state index contributed by atoms with van der Waals surface area (Å²) in [4.78, 5) is 16.0.